The van der Waals surface area contributed by atoms with Crippen molar-refractivity contribution in [2.75, 3.05) is 0 Å². The number of benzene rings is 1. The second kappa shape index (κ2) is 6.52. The predicted octanol–water partition coefficient (Wildman–Crippen LogP) is 3.70. The van der Waals surface area contributed by atoms with E-state index < -0.39 is 15.0 Å². The highest BCUT2D eigenvalue weighted by Gasteiger charge is 2.21. The van der Waals surface area contributed by atoms with Crippen LogP contribution in [-0.4, -0.2) is 20.4 Å². The van der Waals surface area contributed by atoms with Gasteiger partial charge < -0.3 is 5.32 Å². The van der Waals surface area contributed by atoms with Crippen molar-refractivity contribution in [3.8, 4) is 0 Å². The molecule has 0 aliphatic heterocycles. The Morgan fingerprint density at radius 1 is 1.20 bits per heavy atom. The van der Waals surface area contributed by atoms with Crippen LogP contribution >= 0.6 is 33.9 Å². The molecule has 0 saturated carbocycles. The number of hydrogen-bond acceptors (Lipinski definition) is 3. The van der Waals surface area contributed by atoms with Gasteiger partial charge in [-0.05, 0) is 25.0 Å². The van der Waals surface area contributed by atoms with Crippen LogP contribution in [0.5, 0.6) is 0 Å². The second-order valence-corrected chi connectivity index (χ2v) is 8.06. The average Bonchev–Trinajstić information content (AvgIpc) is 2.30. The van der Waals surface area contributed by atoms with Crippen molar-refractivity contribution in [1.29, 1.82) is 0 Å². The summed E-state index contributed by atoms with van der Waals surface area (Å²) in [4.78, 5) is 11.9. The summed E-state index contributed by atoms with van der Waals surface area (Å²) in [7, 11) is 1.26. The van der Waals surface area contributed by atoms with Crippen LogP contribution in [-0.2, 0) is 9.05 Å². The van der Waals surface area contributed by atoms with E-state index in [9.17, 15) is 13.2 Å². The van der Waals surface area contributed by atoms with E-state index in [1.54, 1.807) is 0 Å². The molecule has 0 bridgehead atoms. The molecule has 0 aliphatic rings. The third kappa shape index (κ3) is 4.25. The lowest BCUT2D eigenvalue weighted by atomic mass is 10.1. The normalized spacial score (nSPS) is 13.3. The molecule has 0 saturated heterocycles. The van der Waals surface area contributed by atoms with E-state index >= 15 is 0 Å². The Labute approximate surface area is 132 Å². The van der Waals surface area contributed by atoms with Crippen LogP contribution in [0.1, 0.15) is 31.1 Å². The van der Waals surface area contributed by atoms with Crippen LogP contribution in [0, 0.1) is 5.92 Å². The van der Waals surface area contributed by atoms with E-state index in [0.29, 0.717) is 0 Å². The van der Waals surface area contributed by atoms with Crippen LogP contribution in [0.2, 0.25) is 10.0 Å². The first-order valence-corrected chi connectivity index (χ1v) is 8.85. The molecule has 1 unspecified atom stereocenters. The second-order valence-electron chi connectivity index (χ2n) is 4.71. The molecule has 1 atom stereocenters. The highest BCUT2D eigenvalue weighted by atomic mass is 35.7. The number of amides is 1. The average molecular weight is 359 g/mol. The highest BCUT2D eigenvalue weighted by molar-refractivity contribution is 8.13. The standard InChI is InChI=1S/C12H14Cl3NO3S/c1-6(2)7(3)16-12(17)9-4-8(20(15,18)19)5-10(13)11(9)14/h4-7H,1-3H3,(H,16,17). The minimum atomic E-state index is -3.99. The Morgan fingerprint density at radius 3 is 2.20 bits per heavy atom. The molecule has 1 aromatic rings. The minimum Gasteiger partial charge on any atom is -0.349 e. The topological polar surface area (TPSA) is 63.2 Å². The van der Waals surface area contributed by atoms with Gasteiger partial charge in [0.25, 0.3) is 15.0 Å². The van der Waals surface area contributed by atoms with Crippen LogP contribution in [0.25, 0.3) is 0 Å². The number of carbonyl (C=O) groups excluding carboxylic acids is 1. The Hall–Kier alpha value is -0.490. The maximum atomic E-state index is 12.1. The number of carbonyl (C=O) groups is 1. The zero-order valence-corrected chi connectivity index (χ0v) is 14.2. The van der Waals surface area contributed by atoms with Crippen molar-refractivity contribution in [3.63, 3.8) is 0 Å². The number of nitrogens with one attached hydrogen (secondary N) is 1. The molecule has 0 fully saturated rings. The van der Waals surface area contributed by atoms with E-state index in [1.807, 2.05) is 20.8 Å². The zero-order valence-electron chi connectivity index (χ0n) is 11.1. The Morgan fingerprint density at radius 2 is 1.75 bits per heavy atom. The maximum Gasteiger partial charge on any atom is 0.261 e. The third-order valence-electron chi connectivity index (χ3n) is 2.89. The summed E-state index contributed by atoms with van der Waals surface area (Å²) in [5, 5.41) is 2.67. The van der Waals surface area contributed by atoms with Crippen molar-refractivity contribution in [2.24, 2.45) is 5.92 Å². The molecule has 0 aromatic heterocycles. The zero-order chi connectivity index (χ0) is 15.7. The number of halogens is 3. The largest absolute Gasteiger partial charge is 0.349 e. The van der Waals surface area contributed by atoms with E-state index in [0.717, 1.165) is 12.1 Å². The van der Waals surface area contributed by atoms with Crippen molar-refractivity contribution < 1.29 is 13.2 Å². The summed E-state index contributed by atoms with van der Waals surface area (Å²) in [5.41, 5.74) is -0.0223. The van der Waals surface area contributed by atoms with Gasteiger partial charge in [0.2, 0.25) is 0 Å². The lowest BCUT2D eigenvalue weighted by molar-refractivity contribution is 0.0930. The van der Waals surface area contributed by atoms with Crippen molar-refractivity contribution in [2.45, 2.75) is 31.7 Å². The SMILES string of the molecule is CC(C)C(C)NC(=O)c1cc(S(=O)(=O)Cl)cc(Cl)c1Cl. The van der Waals surface area contributed by atoms with Gasteiger partial charge in [-0.15, -0.1) is 0 Å². The molecule has 0 heterocycles. The fourth-order valence-electron chi connectivity index (χ4n) is 1.32. The van der Waals surface area contributed by atoms with Crippen LogP contribution < -0.4 is 5.32 Å². The first-order valence-electron chi connectivity index (χ1n) is 5.78. The minimum absolute atomic E-state index is 0.0100. The summed E-state index contributed by atoms with van der Waals surface area (Å²) in [5.74, 6) is -0.284. The monoisotopic (exact) mass is 357 g/mol. The molecule has 1 N–H and O–H groups in total. The van der Waals surface area contributed by atoms with Gasteiger partial charge in [-0.1, -0.05) is 37.0 Å². The maximum absolute atomic E-state index is 12.1. The summed E-state index contributed by atoms with van der Waals surface area (Å²) >= 11 is 11.8. The quantitative estimate of drug-likeness (QED) is 0.835. The smallest absolute Gasteiger partial charge is 0.261 e. The van der Waals surface area contributed by atoms with Crippen LogP contribution in [0.15, 0.2) is 17.0 Å². The highest BCUT2D eigenvalue weighted by Crippen LogP contribution is 2.30. The Balaban J connectivity index is 3.24. The fraction of sp³-hybridized carbons (Fsp3) is 0.417. The van der Waals surface area contributed by atoms with Crippen molar-refractivity contribution >= 4 is 48.8 Å². The molecule has 20 heavy (non-hydrogen) atoms. The Bertz CT molecular complexity index is 629. The predicted molar refractivity (Wildman–Crippen MR) is 81.3 cm³/mol. The molecular weight excluding hydrogens is 345 g/mol. The molecule has 0 aliphatic carbocycles. The third-order valence-corrected chi connectivity index (χ3v) is 5.02. The number of rotatable bonds is 4. The summed E-state index contributed by atoms with van der Waals surface area (Å²) < 4.78 is 22.7. The van der Waals surface area contributed by atoms with Gasteiger partial charge in [-0.25, -0.2) is 8.42 Å². The van der Waals surface area contributed by atoms with Gasteiger partial charge in [-0.2, -0.15) is 0 Å². The van der Waals surface area contributed by atoms with Crippen LogP contribution in [0.3, 0.4) is 0 Å². The van der Waals surface area contributed by atoms with E-state index in [2.05, 4.69) is 5.32 Å². The molecule has 1 amide bonds. The summed E-state index contributed by atoms with van der Waals surface area (Å²) in [6, 6.07) is 2.11. The molecule has 0 spiro atoms. The van der Waals surface area contributed by atoms with Gasteiger partial charge >= 0.3 is 0 Å². The summed E-state index contributed by atoms with van der Waals surface area (Å²) in [6.07, 6.45) is 0. The number of hydrogen-bond donors (Lipinski definition) is 1. The molecule has 0 radical (unpaired) electrons. The molecule has 8 heteroatoms. The molecule has 112 valence electrons. The first-order chi connectivity index (χ1) is 9.04. The molecule has 4 nitrogen and oxygen atoms in total. The van der Waals surface area contributed by atoms with Crippen molar-refractivity contribution in [3.05, 3.63) is 27.7 Å². The molecular formula is C12H14Cl3NO3S. The van der Waals surface area contributed by atoms with Gasteiger partial charge in [0, 0.05) is 16.7 Å². The van der Waals surface area contributed by atoms with E-state index in [-0.39, 0.29) is 32.5 Å². The van der Waals surface area contributed by atoms with Gasteiger partial charge in [0.05, 0.1) is 20.5 Å². The van der Waals surface area contributed by atoms with E-state index in [1.165, 1.54) is 0 Å². The lowest BCUT2D eigenvalue weighted by Gasteiger charge is -2.18. The van der Waals surface area contributed by atoms with Gasteiger partial charge in [0.1, 0.15) is 0 Å². The molecule has 1 aromatic carbocycles. The Kier molecular flexibility index (Phi) is 5.72. The lowest BCUT2D eigenvalue weighted by Crippen LogP contribution is -2.36. The molecule has 1 rings (SSSR count). The van der Waals surface area contributed by atoms with Crippen molar-refractivity contribution in [1.82, 2.24) is 5.32 Å². The summed E-state index contributed by atoms with van der Waals surface area (Å²) in [6.45, 7) is 5.72. The van der Waals surface area contributed by atoms with Crippen LogP contribution in [0.4, 0.5) is 0 Å². The van der Waals surface area contributed by atoms with E-state index in [4.69, 9.17) is 33.9 Å². The van der Waals surface area contributed by atoms with Gasteiger partial charge in [-0.3, -0.25) is 4.79 Å². The van der Waals surface area contributed by atoms with Gasteiger partial charge in [0.15, 0.2) is 0 Å². The fourth-order valence-corrected chi connectivity index (χ4v) is 2.58. The first kappa shape index (κ1) is 17.6.